The van der Waals surface area contributed by atoms with E-state index in [0.717, 1.165) is 44.5 Å². The van der Waals surface area contributed by atoms with E-state index in [1.165, 1.54) is 11.8 Å². The third kappa shape index (κ3) is 7.67. The van der Waals surface area contributed by atoms with Crippen molar-refractivity contribution in [2.24, 2.45) is 11.8 Å². The van der Waals surface area contributed by atoms with Crippen LogP contribution in [-0.4, -0.2) is 62.0 Å². The Balaban J connectivity index is 1.96. The maximum absolute atomic E-state index is 12.0. The maximum atomic E-state index is 12.0. The van der Waals surface area contributed by atoms with Gasteiger partial charge in [0.25, 0.3) is 0 Å². The van der Waals surface area contributed by atoms with Crippen LogP contribution in [0.15, 0.2) is 24.3 Å². The van der Waals surface area contributed by atoms with Gasteiger partial charge in [-0.05, 0) is 62.8 Å². The molecule has 0 saturated carbocycles. The Bertz CT molecular complexity index is 787. The van der Waals surface area contributed by atoms with Gasteiger partial charge in [0.05, 0.1) is 6.26 Å². The SMILES string of the molecule is CCCN(CC1CCN(S(C)(=O)=O)CC1)C(C)Cc1cccc(NC(=O)C(C)C)c1. The predicted octanol–water partition coefficient (Wildman–Crippen LogP) is 3.60. The van der Waals surface area contributed by atoms with Crippen molar-refractivity contribution in [3.05, 3.63) is 29.8 Å². The van der Waals surface area contributed by atoms with Crippen molar-refractivity contribution in [1.29, 1.82) is 0 Å². The number of piperidine rings is 1. The Hall–Kier alpha value is -1.44. The van der Waals surface area contributed by atoms with Crippen molar-refractivity contribution < 1.29 is 13.2 Å². The minimum atomic E-state index is -3.07. The molecular formula is C23H39N3O3S. The number of sulfonamides is 1. The van der Waals surface area contributed by atoms with E-state index >= 15 is 0 Å². The van der Waals surface area contributed by atoms with Crippen LogP contribution in [0.2, 0.25) is 0 Å². The van der Waals surface area contributed by atoms with E-state index in [9.17, 15) is 13.2 Å². The molecule has 1 atom stereocenters. The zero-order valence-corrected chi connectivity index (χ0v) is 20.0. The van der Waals surface area contributed by atoms with Crippen LogP contribution in [0.5, 0.6) is 0 Å². The fourth-order valence-corrected chi connectivity index (χ4v) is 4.94. The van der Waals surface area contributed by atoms with Crippen LogP contribution < -0.4 is 5.32 Å². The number of hydrogen-bond acceptors (Lipinski definition) is 4. The van der Waals surface area contributed by atoms with E-state index in [4.69, 9.17) is 0 Å². The first-order chi connectivity index (χ1) is 14.1. The van der Waals surface area contributed by atoms with E-state index < -0.39 is 10.0 Å². The molecule has 1 amide bonds. The van der Waals surface area contributed by atoms with Crippen LogP contribution >= 0.6 is 0 Å². The Kier molecular flexibility index (Phi) is 9.31. The zero-order valence-electron chi connectivity index (χ0n) is 19.2. The van der Waals surface area contributed by atoms with Gasteiger partial charge in [0.15, 0.2) is 0 Å². The lowest BCUT2D eigenvalue weighted by molar-refractivity contribution is -0.118. The van der Waals surface area contributed by atoms with E-state index in [2.05, 4.69) is 36.2 Å². The standard InChI is InChI=1S/C23H39N3O3S/c1-6-12-25(17-20-10-13-26(14-11-20)30(5,28)29)19(4)15-21-8-7-9-22(16-21)24-23(27)18(2)3/h7-9,16,18-20H,6,10-15,17H2,1-5H3,(H,24,27). The lowest BCUT2D eigenvalue weighted by Crippen LogP contribution is -2.44. The number of hydrogen-bond donors (Lipinski definition) is 1. The summed E-state index contributed by atoms with van der Waals surface area (Å²) in [7, 11) is -3.07. The molecule has 0 spiro atoms. The molecule has 0 radical (unpaired) electrons. The number of rotatable bonds is 10. The Morgan fingerprint density at radius 3 is 2.47 bits per heavy atom. The van der Waals surface area contributed by atoms with Crippen molar-refractivity contribution >= 4 is 21.6 Å². The summed E-state index contributed by atoms with van der Waals surface area (Å²) >= 11 is 0. The minimum Gasteiger partial charge on any atom is -0.326 e. The number of carbonyl (C=O) groups is 1. The van der Waals surface area contributed by atoms with Gasteiger partial charge in [-0.3, -0.25) is 4.79 Å². The Labute approximate surface area is 183 Å². The predicted molar refractivity (Wildman–Crippen MR) is 124 cm³/mol. The van der Waals surface area contributed by atoms with Crippen LogP contribution in [0, 0.1) is 11.8 Å². The molecule has 1 aromatic carbocycles. The summed E-state index contributed by atoms with van der Waals surface area (Å²) in [5.74, 6) is 0.531. The van der Waals surface area contributed by atoms with Gasteiger partial charge < -0.3 is 10.2 Å². The molecule has 1 aliphatic rings. The zero-order chi connectivity index (χ0) is 22.3. The molecule has 6 nitrogen and oxygen atoms in total. The lowest BCUT2D eigenvalue weighted by Gasteiger charge is -2.36. The number of anilines is 1. The summed E-state index contributed by atoms with van der Waals surface area (Å²) in [5.41, 5.74) is 2.07. The summed E-state index contributed by atoms with van der Waals surface area (Å²) < 4.78 is 25.1. The van der Waals surface area contributed by atoms with Gasteiger partial charge in [0.1, 0.15) is 0 Å². The summed E-state index contributed by atoms with van der Waals surface area (Å²) in [5, 5.41) is 2.99. The molecule has 7 heteroatoms. The monoisotopic (exact) mass is 437 g/mol. The van der Waals surface area contributed by atoms with Crippen molar-refractivity contribution in [3.63, 3.8) is 0 Å². The van der Waals surface area contributed by atoms with E-state index in [1.54, 1.807) is 4.31 Å². The van der Waals surface area contributed by atoms with Crippen molar-refractivity contribution in [1.82, 2.24) is 9.21 Å². The molecular weight excluding hydrogens is 398 g/mol. The highest BCUT2D eigenvalue weighted by atomic mass is 32.2. The average Bonchev–Trinajstić information content (AvgIpc) is 2.67. The van der Waals surface area contributed by atoms with Gasteiger partial charge in [-0.2, -0.15) is 0 Å². The van der Waals surface area contributed by atoms with Gasteiger partial charge in [-0.1, -0.05) is 32.9 Å². The molecule has 0 aliphatic carbocycles. The second-order valence-corrected chi connectivity index (χ2v) is 11.0. The normalized spacial score (nSPS) is 17.4. The number of amides is 1. The minimum absolute atomic E-state index is 0.0354. The van der Waals surface area contributed by atoms with Crippen molar-refractivity contribution in [3.8, 4) is 0 Å². The number of benzene rings is 1. The van der Waals surface area contributed by atoms with Crippen molar-refractivity contribution in [2.45, 2.75) is 59.4 Å². The molecule has 30 heavy (non-hydrogen) atoms. The van der Waals surface area contributed by atoms with Gasteiger partial charge >= 0.3 is 0 Å². The molecule has 0 aromatic heterocycles. The topological polar surface area (TPSA) is 69.7 Å². The molecule has 1 N–H and O–H groups in total. The van der Waals surface area contributed by atoms with Gasteiger partial charge in [-0.25, -0.2) is 12.7 Å². The van der Waals surface area contributed by atoms with Crippen LogP contribution in [0.4, 0.5) is 5.69 Å². The second kappa shape index (κ2) is 11.3. The molecule has 1 saturated heterocycles. The average molecular weight is 438 g/mol. The molecule has 0 bridgehead atoms. The highest BCUT2D eigenvalue weighted by molar-refractivity contribution is 7.88. The fraction of sp³-hybridized carbons (Fsp3) is 0.696. The molecule has 1 aromatic rings. The molecule has 1 fully saturated rings. The smallest absolute Gasteiger partial charge is 0.226 e. The first kappa shape index (κ1) is 24.8. The largest absolute Gasteiger partial charge is 0.326 e. The summed E-state index contributed by atoms with van der Waals surface area (Å²) in [6.45, 7) is 11.6. The Morgan fingerprint density at radius 1 is 1.23 bits per heavy atom. The van der Waals surface area contributed by atoms with Gasteiger partial charge in [0, 0.05) is 37.3 Å². The molecule has 1 heterocycles. The summed E-state index contributed by atoms with van der Waals surface area (Å²) in [4.78, 5) is 14.5. The lowest BCUT2D eigenvalue weighted by atomic mass is 9.96. The quantitative estimate of drug-likeness (QED) is 0.607. The van der Waals surface area contributed by atoms with Crippen molar-refractivity contribution in [2.75, 3.05) is 37.8 Å². The van der Waals surface area contributed by atoms with Crippen LogP contribution in [0.25, 0.3) is 0 Å². The van der Waals surface area contributed by atoms with Gasteiger partial charge in [-0.15, -0.1) is 0 Å². The van der Waals surface area contributed by atoms with E-state index in [-0.39, 0.29) is 11.8 Å². The Morgan fingerprint density at radius 2 is 1.90 bits per heavy atom. The van der Waals surface area contributed by atoms with Crippen LogP contribution in [-0.2, 0) is 21.2 Å². The first-order valence-electron chi connectivity index (χ1n) is 11.2. The molecule has 1 unspecified atom stereocenters. The number of carbonyl (C=O) groups excluding carboxylic acids is 1. The van der Waals surface area contributed by atoms with E-state index in [1.807, 2.05) is 26.0 Å². The molecule has 1 aliphatic heterocycles. The summed E-state index contributed by atoms with van der Waals surface area (Å²) in [6, 6.07) is 8.52. The summed E-state index contributed by atoms with van der Waals surface area (Å²) in [6.07, 6.45) is 5.18. The maximum Gasteiger partial charge on any atom is 0.226 e. The highest BCUT2D eigenvalue weighted by Crippen LogP contribution is 2.22. The van der Waals surface area contributed by atoms with Crippen LogP contribution in [0.1, 0.15) is 52.5 Å². The number of nitrogens with one attached hydrogen (secondary N) is 1. The van der Waals surface area contributed by atoms with Gasteiger partial charge in [0.2, 0.25) is 15.9 Å². The highest BCUT2D eigenvalue weighted by Gasteiger charge is 2.27. The van der Waals surface area contributed by atoms with Crippen LogP contribution in [0.3, 0.4) is 0 Å². The second-order valence-electron chi connectivity index (χ2n) is 9.00. The molecule has 2 rings (SSSR count). The fourth-order valence-electron chi connectivity index (χ4n) is 4.07. The first-order valence-corrected chi connectivity index (χ1v) is 13.0. The number of nitrogens with zero attached hydrogens (tertiary/aromatic N) is 2. The third-order valence-electron chi connectivity index (χ3n) is 5.92. The van der Waals surface area contributed by atoms with E-state index in [0.29, 0.717) is 25.0 Å². The molecule has 170 valence electrons. The third-order valence-corrected chi connectivity index (χ3v) is 7.22.